The highest BCUT2D eigenvalue weighted by molar-refractivity contribution is 6.02. The number of nitrogens with one attached hydrogen (secondary N) is 2. The number of carbonyl (C=O) groups is 2. The van der Waals surface area contributed by atoms with E-state index in [1.54, 1.807) is 55.3 Å². The van der Waals surface area contributed by atoms with E-state index in [-0.39, 0.29) is 30.2 Å². The van der Waals surface area contributed by atoms with Crippen LogP contribution in [0, 0.1) is 16.0 Å². The Morgan fingerprint density at radius 1 is 1.00 bits per heavy atom. The summed E-state index contributed by atoms with van der Waals surface area (Å²) in [4.78, 5) is 38.7. The second-order valence-electron chi connectivity index (χ2n) is 8.87. The van der Waals surface area contributed by atoms with E-state index >= 15 is 0 Å². The molecule has 1 amide bonds. The molecular weight excluding hydrogens is 476 g/mol. The predicted octanol–water partition coefficient (Wildman–Crippen LogP) is 3.70. The molecule has 4 unspecified atom stereocenters. The molecule has 10 heteroatoms. The fourth-order valence-electron chi connectivity index (χ4n) is 5.19. The summed E-state index contributed by atoms with van der Waals surface area (Å²) in [6.07, 6.45) is 0. The number of hydrazine groups is 1. The molecule has 0 saturated carbocycles. The van der Waals surface area contributed by atoms with Crippen molar-refractivity contribution in [3.8, 4) is 5.75 Å². The van der Waals surface area contributed by atoms with E-state index in [1.165, 1.54) is 12.1 Å². The van der Waals surface area contributed by atoms with Gasteiger partial charge in [0.05, 0.1) is 36.3 Å². The molecule has 3 aromatic rings. The van der Waals surface area contributed by atoms with Crippen molar-refractivity contribution in [2.75, 3.05) is 18.6 Å². The van der Waals surface area contributed by atoms with Crippen LogP contribution < -0.4 is 20.5 Å². The average molecular weight is 503 g/mol. The Kier molecular flexibility index (Phi) is 6.60. The van der Waals surface area contributed by atoms with Crippen molar-refractivity contribution < 1.29 is 24.0 Å². The van der Waals surface area contributed by atoms with Gasteiger partial charge in [-0.3, -0.25) is 14.9 Å². The number of amides is 1. The van der Waals surface area contributed by atoms with Gasteiger partial charge in [-0.1, -0.05) is 24.3 Å². The third-order valence-corrected chi connectivity index (χ3v) is 6.86. The van der Waals surface area contributed by atoms with Crippen LogP contribution in [-0.2, 0) is 9.53 Å². The molecule has 0 spiro atoms. The Morgan fingerprint density at radius 3 is 2.35 bits per heavy atom. The van der Waals surface area contributed by atoms with Crippen LogP contribution in [-0.4, -0.2) is 36.6 Å². The fourth-order valence-corrected chi connectivity index (χ4v) is 5.19. The molecule has 2 heterocycles. The third-order valence-electron chi connectivity index (χ3n) is 6.86. The van der Waals surface area contributed by atoms with Crippen molar-refractivity contribution >= 4 is 23.3 Å². The molecule has 0 bridgehead atoms. The lowest BCUT2D eigenvalue weighted by Gasteiger charge is -2.31. The van der Waals surface area contributed by atoms with Crippen LogP contribution in [0.15, 0.2) is 72.8 Å². The van der Waals surface area contributed by atoms with Gasteiger partial charge in [0.1, 0.15) is 11.8 Å². The molecule has 5 rings (SSSR count). The molecular formula is C27H26N4O6. The van der Waals surface area contributed by atoms with Crippen molar-refractivity contribution in [1.29, 1.82) is 0 Å². The molecule has 0 aromatic heterocycles. The van der Waals surface area contributed by atoms with Gasteiger partial charge < -0.3 is 14.4 Å². The molecule has 3 aromatic carbocycles. The fraction of sp³-hybridized carbons (Fsp3) is 0.259. The number of methoxy groups -OCH3 is 1. The van der Waals surface area contributed by atoms with Crippen molar-refractivity contribution in [2.45, 2.75) is 25.0 Å². The minimum absolute atomic E-state index is 0.0501. The second kappa shape index (κ2) is 10.00. The summed E-state index contributed by atoms with van der Waals surface area (Å²) in [5, 5.41) is 11.6. The standard InChI is InChI=1S/C27H26N4O6/c1-3-37-27(33)17-7-11-19(12-8-17)30-25(18-5-4-6-20(15-18)31(34)35)22-23(28-29-24(22)26(30)32)16-9-13-21(36-2)14-10-16/h4-15,22-25,28-29H,3H2,1-2H3. The van der Waals surface area contributed by atoms with Gasteiger partial charge in [-0.15, -0.1) is 0 Å². The van der Waals surface area contributed by atoms with E-state index in [9.17, 15) is 19.7 Å². The molecule has 0 aliphatic carbocycles. The van der Waals surface area contributed by atoms with Gasteiger partial charge in [0.15, 0.2) is 0 Å². The quantitative estimate of drug-likeness (QED) is 0.285. The van der Waals surface area contributed by atoms with Gasteiger partial charge in [-0.2, -0.15) is 0 Å². The second-order valence-corrected chi connectivity index (χ2v) is 8.87. The Labute approximate surface area is 213 Å². The summed E-state index contributed by atoms with van der Waals surface area (Å²) in [5.41, 5.74) is 8.91. The predicted molar refractivity (Wildman–Crippen MR) is 135 cm³/mol. The Morgan fingerprint density at radius 2 is 1.70 bits per heavy atom. The zero-order valence-corrected chi connectivity index (χ0v) is 20.3. The molecule has 4 atom stereocenters. The van der Waals surface area contributed by atoms with E-state index in [4.69, 9.17) is 9.47 Å². The molecule has 37 heavy (non-hydrogen) atoms. The SMILES string of the molecule is CCOC(=O)c1ccc(N2C(=O)C3NNC(c4ccc(OC)cc4)C3C2c2cccc([N+](=O)[O-])c2)cc1. The van der Waals surface area contributed by atoms with Gasteiger partial charge in [0, 0.05) is 23.7 Å². The largest absolute Gasteiger partial charge is 0.497 e. The number of hydrogen-bond donors (Lipinski definition) is 2. The summed E-state index contributed by atoms with van der Waals surface area (Å²) in [7, 11) is 1.60. The molecule has 190 valence electrons. The lowest BCUT2D eigenvalue weighted by molar-refractivity contribution is -0.384. The first-order chi connectivity index (χ1) is 17.9. The van der Waals surface area contributed by atoms with Gasteiger partial charge in [-0.25, -0.2) is 15.6 Å². The Bertz CT molecular complexity index is 1330. The normalized spacial score (nSPS) is 22.5. The number of benzene rings is 3. The van der Waals surface area contributed by atoms with E-state index in [0.717, 1.165) is 5.56 Å². The van der Waals surface area contributed by atoms with Crippen LogP contribution >= 0.6 is 0 Å². The number of fused-ring (bicyclic) bond motifs is 1. The highest BCUT2D eigenvalue weighted by Gasteiger charge is 2.56. The lowest BCUT2D eigenvalue weighted by atomic mass is 9.83. The Balaban J connectivity index is 1.58. The van der Waals surface area contributed by atoms with Crippen molar-refractivity contribution in [3.05, 3.63) is 99.6 Å². The number of non-ortho nitro benzene ring substituents is 1. The molecule has 2 saturated heterocycles. The maximum absolute atomic E-state index is 13.8. The number of anilines is 1. The van der Waals surface area contributed by atoms with Crippen LogP contribution in [0.25, 0.3) is 0 Å². The lowest BCUT2D eigenvalue weighted by Crippen LogP contribution is -2.41. The average Bonchev–Trinajstić information content (AvgIpc) is 3.48. The number of esters is 1. The topological polar surface area (TPSA) is 123 Å². The summed E-state index contributed by atoms with van der Waals surface area (Å²) < 4.78 is 10.4. The van der Waals surface area contributed by atoms with Crippen molar-refractivity contribution in [2.24, 2.45) is 5.92 Å². The molecule has 2 aliphatic heterocycles. The minimum atomic E-state index is -0.568. The molecule has 2 N–H and O–H groups in total. The first-order valence-corrected chi connectivity index (χ1v) is 11.9. The van der Waals surface area contributed by atoms with Crippen molar-refractivity contribution in [3.63, 3.8) is 0 Å². The van der Waals surface area contributed by atoms with Crippen LogP contribution in [0.5, 0.6) is 5.75 Å². The number of nitro benzene ring substituents is 1. The van der Waals surface area contributed by atoms with Crippen LogP contribution in [0.2, 0.25) is 0 Å². The summed E-state index contributed by atoms with van der Waals surface area (Å²) >= 11 is 0. The smallest absolute Gasteiger partial charge is 0.338 e. The van der Waals surface area contributed by atoms with Crippen molar-refractivity contribution in [1.82, 2.24) is 10.9 Å². The maximum atomic E-state index is 13.8. The van der Waals surface area contributed by atoms with Gasteiger partial charge in [-0.05, 0) is 54.4 Å². The summed E-state index contributed by atoms with van der Waals surface area (Å²) in [6, 6.07) is 19.3. The van der Waals surface area contributed by atoms with Gasteiger partial charge >= 0.3 is 5.97 Å². The van der Waals surface area contributed by atoms with E-state index in [2.05, 4.69) is 10.9 Å². The molecule has 0 radical (unpaired) electrons. The maximum Gasteiger partial charge on any atom is 0.338 e. The summed E-state index contributed by atoms with van der Waals surface area (Å²) in [5.74, 6) is -0.187. The Hall–Kier alpha value is -4.28. The molecule has 2 fully saturated rings. The monoisotopic (exact) mass is 502 g/mol. The van der Waals surface area contributed by atoms with E-state index in [0.29, 0.717) is 22.6 Å². The number of nitro groups is 1. The number of carbonyl (C=O) groups excluding carboxylic acids is 2. The highest BCUT2D eigenvalue weighted by Crippen LogP contribution is 2.49. The van der Waals surface area contributed by atoms with E-state index in [1.807, 2.05) is 24.3 Å². The number of ether oxygens (including phenoxy) is 2. The number of nitrogens with zero attached hydrogens (tertiary/aromatic N) is 2. The first kappa shape index (κ1) is 24.4. The van der Waals surface area contributed by atoms with Crippen LogP contribution in [0.1, 0.15) is 40.5 Å². The number of hydrogen-bond acceptors (Lipinski definition) is 8. The van der Waals surface area contributed by atoms with Crippen LogP contribution in [0.3, 0.4) is 0 Å². The number of rotatable bonds is 7. The van der Waals surface area contributed by atoms with Gasteiger partial charge in [0.2, 0.25) is 5.91 Å². The summed E-state index contributed by atoms with van der Waals surface area (Å²) in [6.45, 7) is 1.99. The first-order valence-electron chi connectivity index (χ1n) is 11.9. The minimum Gasteiger partial charge on any atom is -0.497 e. The van der Waals surface area contributed by atoms with Crippen LogP contribution in [0.4, 0.5) is 11.4 Å². The highest BCUT2D eigenvalue weighted by atomic mass is 16.6. The zero-order valence-electron chi connectivity index (χ0n) is 20.3. The van der Waals surface area contributed by atoms with E-state index < -0.39 is 23.0 Å². The third kappa shape index (κ3) is 4.41. The molecule has 2 aliphatic rings. The zero-order chi connectivity index (χ0) is 26.1. The van der Waals surface area contributed by atoms with Gasteiger partial charge in [0.25, 0.3) is 5.69 Å². The molecule has 10 nitrogen and oxygen atoms in total.